The fourth-order valence-corrected chi connectivity index (χ4v) is 3.28. The third-order valence-electron chi connectivity index (χ3n) is 4.36. The van der Waals surface area contributed by atoms with E-state index in [1.807, 2.05) is 0 Å². The Kier molecular flexibility index (Phi) is 5.25. The predicted octanol–water partition coefficient (Wildman–Crippen LogP) is 4.38. The lowest BCUT2D eigenvalue weighted by Crippen LogP contribution is -2.48. The molecule has 1 aliphatic rings. The van der Waals surface area contributed by atoms with E-state index in [2.05, 4.69) is 37.3 Å². The van der Waals surface area contributed by atoms with Gasteiger partial charge in [0.2, 0.25) is 0 Å². The molecular weight excluding hydrogens is 218 g/mol. The van der Waals surface area contributed by atoms with Crippen molar-refractivity contribution < 1.29 is 4.48 Å². The second kappa shape index (κ2) is 6.94. The van der Waals surface area contributed by atoms with Gasteiger partial charge >= 0.3 is 0 Å². The molecule has 1 nitrogen and oxygen atoms in total. The fourth-order valence-electron chi connectivity index (χ4n) is 3.28. The number of likely N-dealkylation sites (tertiary alicyclic amines) is 1. The van der Waals surface area contributed by atoms with Gasteiger partial charge in [0, 0.05) is 5.56 Å². The molecule has 0 N–H and O–H groups in total. The summed E-state index contributed by atoms with van der Waals surface area (Å²) in [5.74, 6) is 0. The van der Waals surface area contributed by atoms with Gasteiger partial charge in [0.25, 0.3) is 0 Å². The first-order valence-electron chi connectivity index (χ1n) is 7.74. The van der Waals surface area contributed by atoms with E-state index in [-0.39, 0.29) is 0 Å². The molecule has 0 radical (unpaired) electrons. The number of hydrogen-bond donors (Lipinski definition) is 0. The SMILES string of the molecule is CCCC[N+]1(Cc2ccccc2)CCCCCC1. The van der Waals surface area contributed by atoms with Crippen LogP contribution >= 0.6 is 0 Å². The van der Waals surface area contributed by atoms with Crippen LogP contribution in [0.25, 0.3) is 0 Å². The van der Waals surface area contributed by atoms with Crippen molar-refractivity contribution in [3.63, 3.8) is 0 Å². The molecule has 0 spiro atoms. The van der Waals surface area contributed by atoms with Crippen LogP contribution in [0.3, 0.4) is 0 Å². The highest BCUT2D eigenvalue weighted by atomic mass is 15.3. The summed E-state index contributed by atoms with van der Waals surface area (Å²) >= 11 is 0. The molecule has 1 aromatic carbocycles. The minimum Gasteiger partial charge on any atom is -0.320 e. The molecule has 1 heteroatoms. The molecule has 1 aliphatic heterocycles. The Labute approximate surface area is 112 Å². The summed E-state index contributed by atoms with van der Waals surface area (Å²) < 4.78 is 1.35. The van der Waals surface area contributed by atoms with Crippen LogP contribution in [0.4, 0.5) is 0 Å². The van der Waals surface area contributed by atoms with Crippen molar-refractivity contribution in [2.75, 3.05) is 19.6 Å². The Hall–Kier alpha value is -0.820. The van der Waals surface area contributed by atoms with Crippen LogP contribution in [0.15, 0.2) is 30.3 Å². The van der Waals surface area contributed by atoms with Crippen molar-refractivity contribution >= 4 is 0 Å². The molecule has 0 bridgehead atoms. The molecule has 1 fully saturated rings. The van der Waals surface area contributed by atoms with Crippen LogP contribution in [0.5, 0.6) is 0 Å². The maximum atomic E-state index is 2.32. The number of benzene rings is 1. The monoisotopic (exact) mass is 246 g/mol. The topological polar surface area (TPSA) is 0 Å². The van der Waals surface area contributed by atoms with E-state index in [0.29, 0.717) is 0 Å². The summed E-state index contributed by atoms with van der Waals surface area (Å²) in [6, 6.07) is 11.1. The van der Waals surface area contributed by atoms with Crippen LogP contribution < -0.4 is 0 Å². The molecule has 1 saturated heterocycles. The molecule has 0 amide bonds. The predicted molar refractivity (Wildman–Crippen MR) is 78.4 cm³/mol. The molecule has 0 saturated carbocycles. The largest absolute Gasteiger partial charge is 0.320 e. The maximum absolute atomic E-state index is 2.32. The highest BCUT2D eigenvalue weighted by Gasteiger charge is 2.28. The normalized spacial score (nSPS) is 19.4. The third-order valence-corrected chi connectivity index (χ3v) is 4.36. The van der Waals surface area contributed by atoms with Crippen molar-refractivity contribution in [2.24, 2.45) is 0 Å². The molecule has 0 unspecified atom stereocenters. The Morgan fingerprint density at radius 1 is 0.944 bits per heavy atom. The van der Waals surface area contributed by atoms with Crippen molar-refractivity contribution in [2.45, 2.75) is 52.0 Å². The molecule has 0 aromatic heterocycles. The van der Waals surface area contributed by atoms with Gasteiger partial charge < -0.3 is 4.48 Å². The van der Waals surface area contributed by atoms with Gasteiger partial charge in [-0.1, -0.05) is 43.7 Å². The maximum Gasteiger partial charge on any atom is 0.104 e. The van der Waals surface area contributed by atoms with Gasteiger partial charge in [0.05, 0.1) is 19.6 Å². The van der Waals surface area contributed by atoms with Crippen LogP contribution in [-0.2, 0) is 6.54 Å². The molecule has 18 heavy (non-hydrogen) atoms. The first-order chi connectivity index (χ1) is 8.85. The van der Waals surface area contributed by atoms with Gasteiger partial charge in [0.1, 0.15) is 6.54 Å². The van der Waals surface area contributed by atoms with E-state index in [9.17, 15) is 0 Å². The van der Waals surface area contributed by atoms with Crippen molar-refractivity contribution in [1.29, 1.82) is 0 Å². The third kappa shape index (κ3) is 3.84. The summed E-state index contributed by atoms with van der Waals surface area (Å²) in [6.07, 6.45) is 8.45. The molecule has 100 valence electrons. The lowest BCUT2D eigenvalue weighted by atomic mass is 10.1. The van der Waals surface area contributed by atoms with Gasteiger partial charge in [-0.05, 0) is 32.1 Å². The van der Waals surface area contributed by atoms with Crippen LogP contribution in [-0.4, -0.2) is 24.1 Å². The number of nitrogens with zero attached hydrogens (tertiary/aromatic N) is 1. The first kappa shape index (κ1) is 13.6. The minimum atomic E-state index is 1.25. The highest BCUT2D eigenvalue weighted by molar-refractivity contribution is 5.13. The zero-order chi connectivity index (χ0) is 12.7. The average Bonchev–Trinajstić information content (AvgIpc) is 2.64. The second-order valence-electron chi connectivity index (χ2n) is 5.92. The molecule has 1 heterocycles. The second-order valence-corrected chi connectivity index (χ2v) is 5.92. The molecule has 0 atom stereocenters. The van der Waals surface area contributed by atoms with E-state index < -0.39 is 0 Å². The minimum absolute atomic E-state index is 1.25. The fraction of sp³-hybridized carbons (Fsp3) is 0.647. The Bertz CT molecular complexity index is 323. The first-order valence-corrected chi connectivity index (χ1v) is 7.74. The Balaban J connectivity index is 2.07. The molecule has 0 aliphatic carbocycles. The van der Waals surface area contributed by atoms with E-state index in [1.165, 1.54) is 74.8 Å². The van der Waals surface area contributed by atoms with Gasteiger partial charge in [-0.3, -0.25) is 0 Å². The smallest absolute Gasteiger partial charge is 0.104 e. The summed E-state index contributed by atoms with van der Waals surface area (Å²) in [5, 5.41) is 0. The van der Waals surface area contributed by atoms with Crippen molar-refractivity contribution in [3.05, 3.63) is 35.9 Å². The van der Waals surface area contributed by atoms with Crippen LogP contribution in [0, 0.1) is 0 Å². The number of rotatable bonds is 5. The summed E-state index contributed by atoms with van der Waals surface area (Å²) in [4.78, 5) is 0. The lowest BCUT2D eigenvalue weighted by Gasteiger charge is -2.38. The zero-order valence-corrected chi connectivity index (χ0v) is 11.9. The average molecular weight is 246 g/mol. The van der Waals surface area contributed by atoms with Gasteiger partial charge in [-0.2, -0.15) is 0 Å². The lowest BCUT2D eigenvalue weighted by molar-refractivity contribution is -0.940. The Morgan fingerprint density at radius 2 is 1.61 bits per heavy atom. The number of unbranched alkanes of at least 4 members (excludes halogenated alkanes) is 1. The van der Waals surface area contributed by atoms with E-state index in [1.54, 1.807) is 0 Å². The quantitative estimate of drug-likeness (QED) is 0.676. The van der Waals surface area contributed by atoms with Crippen LogP contribution in [0.1, 0.15) is 51.0 Å². The van der Waals surface area contributed by atoms with Gasteiger partial charge in [-0.15, -0.1) is 0 Å². The molecular formula is C17H28N+. The summed E-state index contributed by atoms with van der Waals surface area (Å²) in [5.41, 5.74) is 1.52. The van der Waals surface area contributed by atoms with Gasteiger partial charge in [-0.25, -0.2) is 0 Å². The van der Waals surface area contributed by atoms with E-state index >= 15 is 0 Å². The molecule has 1 aromatic rings. The van der Waals surface area contributed by atoms with E-state index in [0.717, 1.165) is 0 Å². The standard InChI is InChI=1S/C17H28N/c1-2-3-13-18(14-9-4-5-10-15-18)16-17-11-7-6-8-12-17/h6-8,11-12H,2-5,9-10,13-16H2,1H3/q+1. The number of hydrogen-bond acceptors (Lipinski definition) is 0. The zero-order valence-electron chi connectivity index (χ0n) is 11.9. The van der Waals surface area contributed by atoms with Crippen molar-refractivity contribution in [1.82, 2.24) is 0 Å². The Morgan fingerprint density at radius 3 is 2.22 bits per heavy atom. The highest BCUT2D eigenvalue weighted by Crippen LogP contribution is 2.23. The van der Waals surface area contributed by atoms with Crippen LogP contribution in [0.2, 0.25) is 0 Å². The number of quaternary nitrogens is 1. The van der Waals surface area contributed by atoms with Crippen molar-refractivity contribution in [3.8, 4) is 0 Å². The summed E-state index contributed by atoms with van der Waals surface area (Å²) in [6.45, 7) is 7.74. The van der Waals surface area contributed by atoms with Gasteiger partial charge in [0.15, 0.2) is 0 Å². The van der Waals surface area contributed by atoms with E-state index in [4.69, 9.17) is 0 Å². The summed E-state index contributed by atoms with van der Waals surface area (Å²) in [7, 11) is 0. The molecule has 2 rings (SSSR count).